The fourth-order valence-corrected chi connectivity index (χ4v) is 9.20. The first-order valence-corrected chi connectivity index (χ1v) is 19.4. The van der Waals surface area contributed by atoms with Gasteiger partial charge in [0, 0.05) is 11.0 Å². The second kappa shape index (κ2) is 13.1. The van der Waals surface area contributed by atoms with Crippen molar-refractivity contribution in [1.82, 2.24) is 0 Å². The van der Waals surface area contributed by atoms with E-state index in [0.717, 1.165) is 41.0 Å². The molecule has 0 atom stereocenters. The highest BCUT2D eigenvalue weighted by Crippen LogP contribution is 2.52. The maximum atomic E-state index is 5.44. The quantitative estimate of drug-likeness (QED) is 0.125. The van der Waals surface area contributed by atoms with Crippen molar-refractivity contribution >= 4 is 55.4 Å². The topological polar surface area (TPSA) is 12.4 Å². The van der Waals surface area contributed by atoms with Gasteiger partial charge in [0.2, 0.25) is 0 Å². The Morgan fingerprint density at radius 1 is 0.636 bits per heavy atom. The Bertz CT molecular complexity index is 2930. The number of hydrogen-bond acceptors (Lipinski definition) is 1. The number of fused-ring (bicyclic) bond motifs is 5. The lowest BCUT2D eigenvalue weighted by Gasteiger charge is -2.24. The summed E-state index contributed by atoms with van der Waals surface area (Å²) >= 11 is 0. The molecule has 3 aliphatic carbocycles. The van der Waals surface area contributed by atoms with Crippen LogP contribution in [0, 0.1) is 0 Å². The zero-order valence-corrected chi connectivity index (χ0v) is 31.3. The number of nitrogens with zero attached hydrogens (tertiary/aromatic N) is 1. The van der Waals surface area contributed by atoms with Crippen LogP contribution in [-0.4, -0.2) is 5.71 Å². The Balaban J connectivity index is 1.31. The van der Waals surface area contributed by atoms with Crippen LogP contribution in [0.25, 0.3) is 71.9 Å². The molecule has 7 aromatic rings. The zero-order chi connectivity index (χ0) is 37.1. The Labute approximate surface area is 323 Å². The maximum Gasteiger partial charge on any atom is 0.0727 e. The van der Waals surface area contributed by atoms with Crippen LogP contribution in [-0.2, 0) is 5.41 Å². The van der Waals surface area contributed by atoms with Crippen LogP contribution in [0.15, 0.2) is 193 Å². The van der Waals surface area contributed by atoms with E-state index < -0.39 is 0 Å². The average Bonchev–Trinajstić information content (AvgIpc) is 3.45. The third-order valence-electron chi connectivity index (χ3n) is 11.9. The van der Waals surface area contributed by atoms with E-state index in [1.165, 1.54) is 76.8 Å². The second-order valence-corrected chi connectivity index (χ2v) is 15.5. The summed E-state index contributed by atoms with van der Waals surface area (Å²) in [6.07, 6.45) is 17.3. The van der Waals surface area contributed by atoms with Gasteiger partial charge in [0.05, 0.1) is 11.4 Å². The van der Waals surface area contributed by atoms with Crippen molar-refractivity contribution in [3.05, 3.63) is 210 Å². The molecule has 7 aromatic carbocycles. The smallest absolute Gasteiger partial charge is 0.0727 e. The number of aliphatic imine (C=N–C) groups is 1. The molecule has 0 unspecified atom stereocenters. The van der Waals surface area contributed by atoms with Gasteiger partial charge in [0.15, 0.2) is 0 Å². The first kappa shape index (κ1) is 33.0. The van der Waals surface area contributed by atoms with E-state index in [1.807, 2.05) is 18.2 Å². The highest BCUT2D eigenvalue weighted by Gasteiger charge is 2.37. The van der Waals surface area contributed by atoms with Crippen molar-refractivity contribution in [3.8, 4) is 22.3 Å². The van der Waals surface area contributed by atoms with E-state index in [0.29, 0.717) is 0 Å². The minimum atomic E-state index is -0.0152. The summed E-state index contributed by atoms with van der Waals surface area (Å²) in [5.41, 5.74) is 15.6. The van der Waals surface area contributed by atoms with Gasteiger partial charge in [-0.3, -0.25) is 0 Å². The molecule has 262 valence electrons. The van der Waals surface area contributed by atoms with Gasteiger partial charge in [-0.1, -0.05) is 172 Å². The summed E-state index contributed by atoms with van der Waals surface area (Å²) in [6, 6.07) is 49.2. The molecule has 0 bridgehead atoms. The molecular formula is C54H41N. The largest absolute Gasteiger partial charge is 0.248 e. The Morgan fingerprint density at radius 3 is 2.22 bits per heavy atom. The lowest BCUT2D eigenvalue weighted by molar-refractivity contribution is 0.651. The first-order valence-electron chi connectivity index (χ1n) is 19.4. The lowest BCUT2D eigenvalue weighted by atomic mass is 9.79. The van der Waals surface area contributed by atoms with Crippen LogP contribution in [0.2, 0.25) is 0 Å². The van der Waals surface area contributed by atoms with Gasteiger partial charge in [-0.15, -0.1) is 0 Å². The molecule has 0 saturated carbocycles. The normalized spacial score (nSPS) is 16.8. The Morgan fingerprint density at radius 2 is 1.36 bits per heavy atom. The summed E-state index contributed by atoms with van der Waals surface area (Å²) in [5.74, 6) is 0. The number of rotatable bonds is 5. The van der Waals surface area contributed by atoms with Crippen molar-refractivity contribution in [2.45, 2.75) is 32.1 Å². The van der Waals surface area contributed by atoms with Gasteiger partial charge in [-0.25, -0.2) is 4.99 Å². The summed E-state index contributed by atoms with van der Waals surface area (Å²) in [7, 11) is 0. The van der Waals surface area contributed by atoms with E-state index in [-0.39, 0.29) is 5.41 Å². The van der Waals surface area contributed by atoms with Crippen LogP contribution in [0.1, 0.15) is 48.9 Å². The SMILES string of the molecule is C=C1C=CC=CC1=N/C(=C/c1ccccc1)c1c2ccccc2c(-c2ccc3c(c2)C2=C(C=CCC2)C3(C)C)c2cc(-c3cccc4ccccc34)ccc12. The van der Waals surface area contributed by atoms with Gasteiger partial charge >= 0.3 is 0 Å². The Hall–Kier alpha value is -6.57. The molecule has 0 fully saturated rings. The fraction of sp³-hybridized carbons (Fsp3) is 0.0926. The molecule has 0 heterocycles. The van der Waals surface area contributed by atoms with Gasteiger partial charge in [0.1, 0.15) is 0 Å². The number of benzene rings is 7. The number of hydrogen-bond donors (Lipinski definition) is 0. The summed E-state index contributed by atoms with van der Waals surface area (Å²) in [6.45, 7) is 9.13. The molecule has 10 rings (SSSR count). The van der Waals surface area contributed by atoms with Crippen molar-refractivity contribution in [3.63, 3.8) is 0 Å². The molecule has 0 aliphatic heterocycles. The predicted octanol–water partition coefficient (Wildman–Crippen LogP) is 14.5. The zero-order valence-electron chi connectivity index (χ0n) is 31.3. The molecule has 1 heteroatoms. The minimum absolute atomic E-state index is 0.0152. The molecule has 0 saturated heterocycles. The highest BCUT2D eigenvalue weighted by molar-refractivity contribution is 6.22. The van der Waals surface area contributed by atoms with E-state index in [1.54, 1.807) is 0 Å². The molecule has 55 heavy (non-hydrogen) atoms. The summed E-state index contributed by atoms with van der Waals surface area (Å²) < 4.78 is 0. The third-order valence-corrected chi connectivity index (χ3v) is 11.9. The molecule has 3 aliphatic rings. The fourth-order valence-electron chi connectivity index (χ4n) is 9.20. The molecule has 0 spiro atoms. The molecule has 0 N–H and O–H groups in total. The van der Waals surface area contributed by atoms with E-state index in [9.17, 15) is 0 Å². The predicted molar refractivity (Wildman–Crippen MR) is 237 cm³/mol. The van der Waals surface area contributed by atoms with Gasteiger partial charge in [-0.05, 0) is 125 Å². The molecule has 0 amide bonds. The van der Waals surface area contributed by atoms with Crippen LogP contribution >= 0.6 is 0 Å². The summed E-state index contributed by atoms with van der Waals surface area (Å²) in [5, 5.41) is 7.27. The number of allylic oxidation sites excluding steroid dienone is 9. The molecule has 1 nitrogen and oxygen atoms in total. The highest BCUT2D eigenvalue weighted by atomic mass is 14.8. The monoisotopic (exact) mass is 703 g/mol. The van der Waals surface area contributed by atoms with E-state index in [2.05, 4.69) is 178 Å². The maximum absolute atomic E-state index is 5.44. The minimum Gasteiger partial charge on any atom is -0.248 e. The molecule has 0 aromatic heterocycles. The average molecular weight is 704 g/mol. The van der Waals surface area contributed by atoms with E-state index >= 15 is 0 Å². The van der Waals surface area contributed by atoms with Crippen LogP contribution in [0.5, 0.6) is 0 Å². The second-order valence-electron chi connectivity index (χ2n) is 15.5. The van der Waals surface area contributed by atoms with Crippen molar-refractivity contribution in [1.29, 1.82) is 0 Å². The lowest BCUT2D eigenvalue weighted by Crippen LogP contribution is -2.16. The van der Waals surface area contributed by atoms with Gasteiger partial charge in [0.25, 0.3) is 0 Å². The third kappa shape index (κ3) is 5.50. The summed E-state index contributed by atoms with van der Waals surface area (Å²) in [4.78, 5) is 5.44. The van der Waals surface area contributed by atoms with Gasteiger partial charge in [-0.2, -0.15) is 0 Å². The first-order chi connectivity index (χ1) is 27.0. The Kier molecular flexibility index (Phi) is 7.85. The molecular weight excluding hydrogens is 663 g/mol. The van der Waals surface area contributed by atoms with Gasteiger partial charge < -0.3 is 0 Å². The van der Waals surface area contributed by atoms with Crippen LogP contribution in [0.3, 0.4) is 0 Å². The standard InChI is InChI=1S/C54H41N/c1-35-16-7-14-27-50(35)55-51(32-36-17-5-4-6-18-36)53-44-24-11-10-23-43(44)52(39-29-31-49-46(34-39)42-22-12-13-26-48(42)54(49,2)3)47-33-38(28-30-45(47)53)41-25-15-20-37-19-8-9-21-40(37)41/h4-11,13-21,23-34H,1,12,22H2,2-3H3/b51-32+,55-50?. The van der Waals surface area contributed by atoms with Crippen molar-refractivity contribution in [2.24, 2.45) is 4.99 Å². The van der Waals surface area contributed by atoms with Crippen molar-refractivity contribution < 1.29 is 0 Å². The van der Waals surface area contributed by atoms with Crippen LogP contribution < -0.4 is 0 Å². The van der Waals surface area contributed by atoms with Crippen molar-refractivity contribution in [2.75, 3.05) is 0 Å². The van der Waals surface area contributed by atoms with E-state index in [4.69, 9.17) is 4.99 Å². The van der Waals surface area contributed by atoms with Crippen LogP contribution in [0.4, 0.5) is 0 Å². The molecule has 0 radical (unpaired) electrons.